The number of nitrogen functional groups attached to an aromatic ring is 1. The molecular formula is C17H20N6O2. The summed E-state index contributed by atoms with van der Waals surface area (Å²) < 4.78 is 5.36. The van der Waals surface area contributed by atoms with Crippen molar-refractivity contribution in [2.75, 3.05) is 30.9 Å². The fraction of sp³-hybridized carbons (Fsp3) is 0.353. The van der Waals surface area contributed by atoms with Crippen LogP contribution < -0.4 is 15.4 Å². The molecule has 1 aliphatic heterocycles. The molecule has 0 saturated carbocycles. The average Bonchev–Trinajstić information content (AvgIpc) is 3.27. The van der Waals surface area contributed by atoms with Crippen molar-refractivity contribution in [2.24, 2.45) is 0 Å². The van der Waals surface area contributed by atoms with Crippen LogP contribution >= 0.6 is 0 Å². The zero-order valence-electron chi connectivity index (χ0n) is 13.9. The third-order valence-corrected chi connectivity index (χ3v) is 4.65. The number of aliphatic hydroxyl groups excluding tert-OH is 1. The number of aromatic amines is 1. The first-order valence-electron chi connectivity index (χ1n) is 8.23. The number of nitrogens with two attached hydrogens (primary N) is 1. The van der Waals surface area contributed by atoms with Crippen LogP contribution in [0.3, 0.4) is 0 Å². The van der Waals surface area contributed by atoms with Gasteiger partial charge in [0.05, 0.1) is 36.5 Å². The molecule has 4 rings (SSSR count). The number of ether oxygens (including phenoxy) is 1. The number of aliphatic hydroxyl groups is 1. The van der Waals surface area contributed by atoms with Crippen molar-refractivity contribution in [2.45, 2.75) is 18.9 Å². The van der Waals surface area contributed by atoms with E-state index in [1.165, 1.54) is 0 Å². The molecule has 1 fully saturated rings. The van der Waals surface area contributed by atoms with Crippen LogP contribution in [0.4, 0.5) is 11.6 Å². The molecule has 0 radical (unpaired) electrons. The van der Waals surface area contributed by atoms with Crippen molar-refractivity contribution in [1.29, 1.82) is 0 Å². The maximum absolute atomic E-state index is 9.74. The highest BCUT2D eigenvalue weighted by Gasteiger charge is 2.28. The molecule has 130 valence electrons. The molecule has 25 heavy (non-hydrogen) atoms. The average molecular weight is 340 g/mol. The number of hydrogen-bond donors (Lipinski definition) is 3. The molecule has 4 heterocycles. The van der Waals surface area contributed by atoms with Gasteiger partial charge in [0.15, 0.2) is 0 Å². The van der Waals surface area contributed by atoms with Crippen LogP contribution in [-0.2, 0) is 0 Å². The second-order valence-electron chi connectivity index (χ2n) is 6.08. The Kier molecular flexibility index (Phi) is 3.89. The maximum atomic E-state index is 9.74. The Hall–Kier alpha value is -2.87. The quantitative estimate of drug-likeness (QED) is 0.660. The Morgan fingerprint density at radius 2 is 2.32 bits per heavy atom. The summed E-state index contributed by atoms with van der Waals surface area (Å²) in [7, 11) is 1.60. The van der Waals surface area contributed by atoms with Gasteiger partial charge in [0.1, 0.15) is 5.65 Å². The van der Waals surface area contributed by atoms with Gasteiger partial charge >= 0.3 is 0 Å². The van der Waals surface area contributed by atoms with E-state index in [0.29, 0.717) is 11.5 Å². The predicted molar refractivity (Wildman–Crippen MR) is 95.5 cm³/mol. The largest absolute Gasteiger partial charge is 0.481 e. The van der Waals surface area contributed by atoms with Gasteiger partial charge in [-0.25, -0.2) is 9.97 Å². The van der Waals surface area contributed by atoms with Crippen LogP contribution in [0.1, 0.15) is 12.8 Å². The second kappa shape index (κ2) is 6.21. The number of aromatic nitrogens is 4. The van der Waals surface area contributed by atoms with E-state index in [-0.39, 0.29) is 18.6 Å². The van der Waals surface area contributed by atoms with Crippen LogP contribution in [0.25, 0.3) is 22.3 Å². The lowest BCUT2D eigenvalue weighted by atomic mass is 10.1. The van der Waals surface area contributed by atoms with Crippen LogP contribution in [-0.4, -0.2) is 51.3 Å². The van der Waals surface area contributed by atoms with Crippen molar-refractivity contribution < 1.29 is 9.84 Å². The molecule has 8 heteroatoms. The van der Waals surface area contributed by atoms with Gasteiger partial charge < -0.3 is 25.5 Å². The SMILES string of the molecule is COc1cc(N2CCCC2CO)c2c(-c3ccnc(N)n3)c[nH]c2n1. The summed E-state index contributed by atoms with van der Waals surface area (Å²) >= 11 is 0. The third-order valence-electron chi connectivity index (χ3n) is 4.65. The van der Waals surface area contributed by atoms with Gasteiger partial charge in [-0.15, -0.1) is 0 Å². The molecule has 0 amide bonds. The number of H-pyrrole nitrogens is 1. The number of hydrogen-bond acceptors (Lipinski definition) is 7. The van der Waals surface area contributed by atoms with Crippen LogP contribution in [0, 0.1) is 0 Å². The van der Waals surface area contributed by atoms with Gasteiger partial charge in [0, 0.05) is 30.6 Å². The monoisotopic (exact) mass is 340 g/mol. The Morgan fingerprint density at radius 3 is 3.08 bits per heavy atom. The number of fused-ring (bicyclic) bond motifs is 1. The van der Waals surface area contributed by atoms with E-state index < -0.39 is 0 Å². The van der Waals surface area contributed by atoms with Gasteiger partial charge in [-0.05, 0) is 18.9 Å². The fourth-order valence-corrected chi connectivity index (χ4v) is 3.49. The minimum atomic E-state index is 0.0912. The molecular weight excluding hydrogens is 320 g/mol. The topological polar surface area (TPSA) is 113 Å². The molecule has 3 aromatic heterocycles. The smallest absolute Gasteiger partial charge is 0.220 e. The highest BCUT2D eigenvalue weighted by Crippen LogP contribution is 2.39. The fourth-order valence-electron chi connectivity index (χ4n) is 3.49. The lowest BCUT2D eigenvalue weighted by molar-refractivity contribution is 0.266. The number of nitrogens with zero attached hydrogens (tertiary/aromatic N) is 4. The molecule has 1 atom stereocenters. The zero-order valence-corrected chi connectivity index (χ0v) is 13.9. The summed E-state index contributed by atoms with van der Waals surface area (Å²) in [6.45, 7) is 0.996. The first-order valence-corrected chi connectivity index (χ1v) is 8.23. The van der Waals surface area contributed by atoms with Gasteiger partial charge in [-0.1, -0.05) is 0 Å². The van der Waals surface area contributed by atoms with Gasteiger partial charge in [-0.3, -0.25) is 0 Å². The molecule has 4 N–H and O–H groups in total. The summed E-state index contributed by atoms with van der Waals surface area (Å²) in [5.74, 6) is 0.756. The molecule has 0 aliphatic carbocycles. The van der Waals surface area contributed by atoms with Crippen molar-refractivity contribution in [3.05, 3.63) is 24.5 Å². The number of pyridine rings is 1. The van der Waals surface area contributed by atoms with E-state index in [9.17, 15) is 5.11 Å². The molecule has 3 aromatic rings. The molecule has 0 spiro atoms. The normalized spacial score (nSPS) is 17.4. The maximum Gasteiger partial charge on any atom is 0.220 e. The van der Waals surface area contributed by atoms with Crippen molar-refractivity contribution >= 4 is 22.7 Å². The van der Waals surface area contributed by atoms with E-state index in [2.05, 4.69) is 24.8 Å². The summed E-state index contributed by atoms with van der Waals surface area (Å²) in [6.07, 6.45) is 5.51. The molecule has 1 aliphatic rings. The van der Waals surface area contributed by atoms with E-state index >= 15 is 0 Å². The third kappa shape index (κ3) is 2.64. The molecule has 0 aromatic carbocycles. The van der Waals surface area contributed by atoms with Gasteiger partial charge in [-0.2, -0.15) is 4.98 Å². The lowest BCUT2D eigenvalue weighted by Gasteiger charge is -2.26. The standard InChI is InChI=1S/C17H20N6O2/c1-25-14-7-13(23-6-2-3-10(23)9-24)15-11(8-20-16(15)22-14)12-4-5-19-17(18)21-12/h4-5,7-8,10,24H,2-3,6,9H2,1H3,(H,20,22)(H2,18,19,21). The number of nitrogens with one attached hydrogen (secondary N) is 1. The minimum absolute atomic E-state index is 0.0912. The van der Waals surface area contributed by atoms with Crippen molar-refractivity contribution in [1.82, 2.24) is 19.9 Å². The second-order valence-corrected chi connectivity index (χ2v) is 6.08. The zero-order chi connectivity index (χ0) is 17.4. The Morgan fingerprint density at radius 1 is 1.44 bits per heavy atom. The number of rotatable bonds is 4. The summed E-state index contributed by atoms with van der Waals surface area (Å²) in [4.78, 5) is 18.2. The predicted octanol–water partition coefficient (Wildman–Crippen LogP) is 1.57. The Labute approximate surface area is 144 Å². The van der Waals surface area contributed by atoms with Crippen LogP contribution in [0.5, 0.6) is 5.88 Å². The molecule has 1 saturated heterocycles. The molecule has 1 unspecified atom stereocenters. The van der Waals surface area contributed by atoms with Gasteiger partial charge in [0.25, 0.3) is 0 Å². The lowest BCUT2D eigenvalue weighted by Crippen LogP contribution is -2.32. The van der Waals surface area contributed by atoms with Gasteiger partial charge in [0.2, 0.25) is 11.8 Å². The number of methoxy groups -OCH3 is 1. The number of anilines is 2. The van der Waals surface area contributed by atoms with Crippen molar-refractivity contribution in [3.63, 3.8) is 0 Å². The van der Waals surface area contributed by atoms with Crippen molar-refractivity contribution in [3.8, 4) is 17.1 Å². The van der Waals surface area contributed by atoms with Crippen LogP contribution in [0.2, 0.25) is 0 Å². The van der Waals surface area contributed by atoms with E-state index in [1.54, 1.807) is 13.3 Å². The van der Waals surface area contributed by atoms with Crippen LogP contribution in [0.15, 0.2) is 24.5 Å². The summed E-state index contributed by atoms with van der Waals surface area (Å²) in [6, 6.07) is 3.83. The Balaban J connectivity index is 1.94. The Bertz CT molecular complexity index is 909. The molecule has 0 bridgehead atoms. The highest BCUT2D eigenvalue weighted by molar-refractivity contribution is 6.02. The minimum Gasteiger partial charge on any atom is -0.481 e. The highest BCUT2D eigenvalue weighted by atomic mass is 16.5. The van der Waals surface area contributed by atoms with E-state index in [0.717, 1.165) is 41.7 Å². The first kappa shape index (κ1) is 15.6. The summed E-state index contributed by atoms with van der Waals surface area (Å²) in [5.41, 5.74) is 9.07. The van der Waals surface area contributed by atoms with E-state index in [4.69, 9.17) is 10.5 Å². The molecule has 8 nitrogen and oxygen atoms in total. The van der Waals surface area contributed by atoms with E-state index in [1.807, 2.05) is 18.3 Å². The summed E-state index contributed by atoms with van der Waals surface area (Å²) in [5, 5.41) is 10.7. The first-order chi connectivity index (χ1) is 12.2.